The average Bonchev–Trinajstić information content (AvgIpc) is 2.90. The van der Waals surface area contributed by atoms with Gasteiger partial charge in [0.25, 0.3) is 0 Å². The summed E-state index contributed by atoms with van der Waals surface area (Å²) in [6, 6.07) is 1.95. The minimum Gasteiger partial charge on any atom is -0.478 e. The Morgan fingerprint density at radius 1 is 1.38 bits per heavy atom. The third-order valence-corrected chi connectivity index (χ3v) is 6.74. The highest BCUT2D eigenvalue weighted by Gasteiger charge is 2.40. The van der Waals surface area contributed by atoms with Crippen LogP contribution in [0.25, 0.3) is 0 Å². The molecule has 2 aliphatic rings. The molecule has 2 heterocycles. The zero-order valence-electron chi connectivity index (χ0n) is 12.8. The molecule has 1 unspecified atom stereocenters. The molecule has 0 saturated carbocycles. The molecule has 2 saturated heterocycles. The Kier molecular flexibility index (Phi) is 4.18. The molecule has 130 valence electrons. The molecule has 1 aromatic carbocycles. The lowest BCUT2D eigenvalue weighted by Crippen LogP contribution is -2.53. The maximum absolute atomic E-state index is 13.0. The Balaban J connectivity index is 1.97. The van der Waals surface area contributed by atoms with E-state index in [9.17, 15) is 18.0 Å². The van der Waals surface area contributed by atoms with E-state index in [0.29, 0.717) is 18.7 Å². The summed E-state index contributed by atoms with van der Waals surface area (Å²) in [6.07, 6.45) is 0. The SMILES string of the molecule is Cc1c(Cl)cc(C(=O)O)cc1S(=O)(=O)N1CCN2C(=O)NCC2C1. The minimum absolute atomic E-state index is 0.0878. The highest BCUT2D eigenvalue weighted by atomic mass is 35.5. The second-order valence-electron chi connectivity index (χ2n) is 5.78. The fourth-order valence-electron chi connectivity index (χ4n) is 2.98. The second-order valence-corrected chi connectivity index (χ2v) is 8.10. The first kappa shape index (κ1) is 17.0. The lowest BCUT2D eigenvalue weighted by Gasteiger charge is -2.35. The standard InChI is InChI=1S/C14H16ClN3O5S/c1-8-11(15)4-9(13(19)20)5-12(8)24(22,23)17-2-3-18-10(7-17)6-16-14(18)21/h4-5,10H,2-3,6-7H2,1H3,(H,16,21)(H,19,20). The molecule has 1 aromatic rings. The first-order valence-corrected chi connectivity index (χ1v) is 9.11. The summed E-state index contributed by atoms with van der Waals surface area (Å²) >= 11 is 6.01. The molecule has 10 heteroatoms. The molecule has 0 radical (unpaired) electrons. The van der Waals surface area contributed by atoms with Crippen LogP contribution < -0.4 is 5.32 Å². The zero-order chi connectivity index (χ0) is 17.6. The van der Waals surface area contributed by atoms with Crippen LogP contribution in [0.5, 0.6) is 0 Å². The van der Waals surface area contributed by atoms with Crippen molar-refractivity contribution in [1.82, 2.24) is 14.5 Å². The number of piperazine rings is 1. The molecule has 2 N–H and O–H groups in total. The van der Waals surface area contributed by atoms with Crippen molar-refractivity contribution in [3.63, 3.8) is 0 Å². The van der Waals surface area contributed by atoms with Crippen LogP contribution in [-0.4, -0.2) is 67.0 Å². The number of hydrogen-bond donors (Lipinski definition) is 2. The van der Waals surface area contributed by atoms with Crippen LogP contribution in [0.3, 0.4) is 0 Å². The average molecular weight is 374 g/mol. The summed E-state index contributed by atoms with van der Waals surface area (Å²) < 4.78 is 27.2. The van der Waals surface area contributed by atoms with Gasteiger partial charge >= 0.3 is 12.0 Å². The van der Waals surface area contributed by atoms with E-state index in [1.807, 2.05) is 0 Å². The highest BCUT2D eigenvalue weighted by Crippen LogP contribution is 2.29. The van der Waals surface area contributed by atoms with Crippen LogP contribution in [0.4, 0.5) is 4.79 Å². The maximum Gasteiger partial charge on any atom is 0.335 e. The predicted molar refractivity (Wildman–Crippen MR) is 85.8 cm³/mol. The Morgan fingerprint density at radius 2 is 2.08 bits per heavy atom. The number of nitrogens with zero attached hydrogens (tertiary/aromatic N) is 2. The van der Waals surface area contributed by atoms with E-state index in [2.05, 4.69) is 5.32 Å². The summed E-state index contributed by atoms with van der Waals surface area (Å²) in [4.78, 5) is 24.3. The molecule has 0 aliphatic carbocycles. The van der Waals surface area contributed by atoms with Crippen molar-refractivity contribution in [1.29, 1.82) is 0 Å². The number of aromatic carboxylic acids is 1. The predicted octanol–water partition coefficient (Wildman–Crippen LogP) is 0.745. The number of carboxylic acid groups (broad SMARTS) is 1. The smallest absolute Gasteiger partial charge is 0.335 e. The van der Waals surface area contributed by atoms with E-state index in [0.717, 1.165) is 6.07 Å². The van der Waals surface area contributed by atoms with Crippen molar-refractivity contribution in [3.05, 3.63) is 28.3 Å². The number of carbonyl (C=O) groups excluding carboxylic acids is 1. The van der Waals surface area contributed by atoms with Gasteiger partial charge in [0, 0.05) is 31.2 Å². The first-order chi connectivity index (χ1) is 11.2. The Bertz CT molecular complexity index is 826. The highest BCUT2D eigenvalue weighted by molar-refractivity contribution is 7.89. The van der Waals surface area contributed by atoms with Crippen LogP contribution >= 0.6 is 11.6 Å². The van der Waals surface area contributed by atoms with Crippen LogP contribution in [0.15, 0.2) is 17.0 Å². The van der Waals surface area contributed by atoms with Crippen molar-refractivity contribution in [3.8, 4) is 0 Å². The molecular formula is C14H16ClN3O5S. The maximum atomic E-state index is 13.0. The van der Waals surface area contributed by atoms with Gasteiger partial charge < -0.3 is 15.3 Å². The first-order valence-electron chi connectivity index (χ1n) is 7.30. The van der Waals surface area contributed by atoms with Crippen LogP contribution in [0.1, 0.15) is 15.9 Å². The number of fused-ring (bicyclic) bond motifs is 1. The normalized spacial score (nSPS) is 21.5. The topological polar surface area (TPSA) is 107 Å². The van der Waals surface area contributed by atoms with Crippen LogP contribution in [-0.2, 0) is 10.0 Å². The largest absolute Gasteiger partial charge is 0.478 e. The molecule has 0 bridgehead atoms. The van der Waals surface area contributed by atoms with Gasteiger partial charge in [-0.2, -0.15) is 4.31 Å². The number of rotatable bonds is 3. The van der Waals surface area contributed by atoms with E-state index < -0.39 is 16.0 Å². The van der Waals surface area contributed by atoms with Crippen molar-refractivity contribution in [2.24, 2.45) is 0 Å². The number of carboxylic acids is 1. The van der Waals surface area contributed by atoms with Crippen molar-refractivity contribution in [2.45, 2.75) is 17.9 Å². The molecule has 2 aliphatic heterocycles. The number of carbonyl (C=O) groups is 2. The second kappa shape index (κ2) is 5.91. The van der Waals surface area contributed by atoms with Crippen LogP contribution in [0, 0.1) is 6.92 Å². The van der Waals surface area contributed by atoms with Gasteiger partial charge in [-0.3, -0.25) is 0 Å². The van der Waals surface area contributed by atoms with Gasteiger partial charge in [0.1, 0.15) is 0 Å². The number of sulfonamides is 1. The monoisotopic (exact) mass is 373 g/mol. The molecule has 0 aromatic heterocycles. The van der Waals surface area contributed by atoms with Crippen molar-refractivity contribution in [2.75, 3.05) is 26.2 Å². The minimum atomic E-state index is -3.91. The lowest BCUT2D eigenvalue weighted by molar-refractivity contribution is 0.0696. The summed E-state index contributed by atoms with van der Waals surface area (Å²) in [5, 5.41) is 11.9. The molecule has 3 rings (SSSR count). The number of amides is 2. The Labute approximate surface area is 144 Å². The van der Waals surface area contributed by atoms with Crippen molar-refractivity contribution < 1.29 is 23.1 Å². The summed E-state index contributed by atoms with van der Waals surface area (Å²) in [5.74, 6) is -1.25. The van der Waals surface area contributed by atoms with Gasteiger partial charge in [-0.1, -0.05) is 11.6 Å². The van der Waals surface area contributed by atoms with Gasteiger partial charge in [0.15, 0.2) is 0 Å². The van der Waals surface area contributed by atoms with E-state index in [1.165, 1.54) is 17.3 Å². The zero-order valence-corrected chi connectivity index (χ0v) is 14.4. The molecule has 24 heavy (non-hydrogen) atoms. The summed E-state index contributed by atoms with van der Waals surface area (Å²) in [7, 11) is -3.91. The fourth-order valence-corrected chi connectivity index (χ4v) is 4.99. The van der Waals surface area contributed by atoms with E-state index in [-0.39, 0.29) is 40.6 Å². The third-order valence-electron chi connectivity index (χ3n) is 4.36. The molecule has 2 fully saturated rings. The van der Waals surface area contributed by atoms with Gasteiger partial charge in [0.05, 0.1) is 16.5 Å². The van der Waals surface area contributed by atoms with Gasteiger partial charge in [-0.25, -0.2) is 18.0 Å². The third kappa shape index (κ3) is 2.72. The van der Waals surface area contributed by atoms with E-state index >= 15 is 0 Å². The Morgan fingerprint density at radius 3 is 2.75 bits per heavy atom. The molecule has 1 atom stereocenters. The van der Waals surface area contributed by atoms with Crippen molar-refractivity contribution >= 4 is 33.6 Å². The summed E-state index contributed by atoms with van der Waals surface area (Å²) in [5.41, 5.74) is 0.130. The fraction of sp³-hybridized carbons (Fsp3) is 0.429. The summed E-state index contributed by atoms with van der Waals surface area (Å²) in [6.45, 7) is 2.54. The van der Waals surface area contributed by atoms with Gasteiger partial charge in [-0.05, 0) is 24.6 Å². The van der Waals surface area contributed by atoms with E-state index in [1.54, 1.807) is 4.90 Å². The number of urea groups is 1. The molecule has 2 amide bonds. The number of halogens is 1. The van der Waals surface area contributed by atoms with Gasteiger partial charge in [-0.15, -0.1) is 0 Å². The molecule has 0 spiro atoms. The molecule has 8 nitrogen and oxygen atoms in total. The van der Waals surface area contributed by atoms with E-state index in [4.69, 9.17) is 16.7 Å². The quantitative estimate of drug-likeness (QED) is 0.812. The lowest BCUT2D eigenvalue weighted by atomic mass is 10.1. The molecular weight excluding hydrogens is 358 g/mol. The number of nitrogens with one attached hydrogen (secondary N) is 1. The van der Waals surface area contributed by atoms with Gasteiger partial charge in [0.2, 0.25) is 10.0 Å². The van der Waals surface area contributed by atoms with Crippen LogP contribution in [0.2, 0.25) is 5.02 Å². The Hall–Kier alpha value is -1.84. The number of hydrogen-bond acceptors (Lipinski definition) is 4. The number of benzene rings is 1.